The van der Waals surface area contributed by atoms with Crippen LogP contribution in [-0.2, 0) is 10.0 Å². The van der Waals surface area contributed by atoms with Gasteiger partial charge in [0.2, 0.25) is 10.0 Å². The van der Waals surface area contributed by atoms with Gasteiger partial charge in [0.05, 0.1) is 4.90 Å². The van der Waals surface area contributed by atoms with Crippen LogP contribution in [0.3, 0.4) is 0 Å². The lowest BCUT2D eigenvalue weighted by Gasteiger charge is -2.30. The van der Waals surface area contributed by atoms with E-state index in [1.807, 2.05) is 12.1 Å². The van der Waals surface area contributed by atoms with Crippen molar-refractivity contribution >= 4 is 32.6 Å². The van der Waals surface area contributed by atoms with Gasteiger partial charge in [0.15, 0.2) is 0 Å². The molecule has 3 nitrogen and oxygen atoms in total. The Labute approximate surface area is 116 Å². The summed E-state index contributed by atoms with van der Waals surface area (Å²) in [7, 11) is -3.28. The van der Waals surface area contributed by atoms with E-state index in [0.717, 1.165) is 16.4 Å². The number of sulfonamides is 1. The van der Waals surface area contributed by atoms with Crippen molar-refractivity contribution < 1.29 is 8.42 Å². The summed E-state index contributed by atoms with van der Waals surface area (Å²) in [4.78, 5) is 0.409. The van der Waals surface area contributed by atoms with E-state index >= 15 is 0 Å². The maximum atomic E-state index is 12.4. The molecule has 0 amide bonds. The van der Waals surface area contributed by atoms with Gasteiger partial charge < -0.3 is 0 Å². The summed E-state index contributed by atoms with van der Waals surface area (Å²) in [5.41, 5.74) is 0. The van der Waals surface area contributed by atoms with Gasteiger partial charge in [-0.25, -0.2) is 8.42 Å². The average molecular weight is 365 g/mol. The molecule has 1 aromatic rings. The minimum Gasteiger partial charge on any atom is -0.207 e. The SMILES string of the molecule is C[C@@H]1CCCN(S(=O)(=O)c2ccc(I)cc2)C1. The molecule has 1 atom stereocenters. The first-order valence-electron chi connectivity index (χ1n) is 5.76. The monoisotopic (exact) mass is 365 g/mol. The third-order valence-corrected chi connectivity index (χ3v) is 5.67. The Bertz CT molecular complexity index is 484. The molecular formula is C12H16INO2S. The molecule has 17 heavy (non-hydrogen) atoms. The molecule has 2 rings (SSSR count). The highest BCUT2D eigenvalue weighted by Crippen LogP contribution is 2.23. The second-order valence-corrected chi connectivity index (χ2v) is 7.75. The molecule has 1 aliphatic rings. The molecule has 1 heterocycles. The topological polar surface area (TPSA) is 37.4 Å². The molecule has 0 radical (unpaired) electrons. The number of rotatable bonds is 2. The van der Waals surface area contributed by atoms with Gasteiger partial charge in [0, 0.05) is 16.7 Å². The fourth-order valence-corrected chi connectivity index (χ4v) is 4.08. The summed E-state index contributed by atoms with van der Waals surface area (Å²) >= 11 is 2.17. The molecule has 0 bridgehead atoms. The highest BCUT2D eigenvalue weighted by molar-refractivity contribution is 14.1. The highest BCUT2D eigenvalue weighted by Gasteiger charge is 2.28. The van der Waals surface area contributed by atoms with E-state index in [4.69, 9.17) is 0 Å². The molecule has 5 heteroatoms. The van der Waals surface area contributed by atoms with Crippen LogP contribution in [0.1, 0.15) is 19.8 Å². The molecular weight excluding hydrogens is 349 g/mol. The number of hydrogen-bond acceptors (Lipinski definition) is 2. The Morgan fingerprint density at radius 2 is 1.94 bits per heavy atom. The van der Waals surface area contributed by atoms with Gasteiger partial charge in [-0.15, -0.1) is 0 Å². The summed E-state index contributed by atoms with van der Waals surface area (Å²) in [6.45, 7) is 3.41. The van der Waals surface area contributed by atoms with Crippen LogP contribution >= 0.6 is 22.6 Å². The maximum absolute atomic E-state index is 12.4. The lowest BCUT2D eigenvalue weighted by atomic mass is 10.0. The Kier molecular flexibility index (Phi) is 4.10. The van der Waals surface area contributed by atoms with Crippen molar-refractivity contribution in [2.45, 2.75) is 24.7 Å². The lowest BCUT2D eigenvalue weighted by Crippen LogP contribution is -2.39. The quantitative estimate of drug-likeness (QED) is 0.756. The normalized spacial score (nSPS) is 22.6. The first-order valence-corrected chi connectivity index (χ1v) is 8.28. The zero-order valence-corrected chi connectivity index (χ0v) is 12.7. The van der Waals surface area contributed by atoms with Crippen LogP contribution in [0.25, 0.3) is 0 Å². The third kappa shape index (κ3) is 3.00. The van der Waals surface area contributed by atoms with Gasteiger partial charge in [-0.2, -0.15) is 4.31 Å². The number of halogens is 1. The Hall–Kier alpha value is -0.140. The molecule has 0 saturated carbocycles. The van der Waals surface area contributed by atoms with Crippen LogP contribution in [0.2, 0.25) is 0 Å². The summed E-state index contributed by atoms with van der Waals surface area (Å²) < 4.78 is 27.4. The van der Waals surface area contributed by atoms with Crippen molar-refractivity contribution in [3.05, 3.63) is 27.8 Å². The van der Waals surface area contributed by atoms with Crippen molar-refractivity contribution in [3.63, 3.8) is 0 Å². The van der Waals surface area contributed by atoms with Gasteiger partial charge >= 0.3 is 0 Å². The standard InChI is InChI=1S/C12H16INO2S/c1-10-3-2-8-14(9-10)17(15,16)12-6-4-11(13)5-7-12/h4-7,10H,2-3,8-9H2,1H3/t10-/m1/s1. The summed E-state index contributed by atoms with van der Waals surface area (Å²) in [6, 6.07) is 7.05. The van der Waals surface area contributed by atoms with E-state index in [1.165, 1.54) is 0 Å². The van der Waals surface area contributed by atoms with E-state index in [2.05, 4.69) is 29.5 Å². The summed E-state index contributed by atoms with van der Waals surface area (Å²) in [5.74, 6) is 0.461. The zero-order valence-electron chi connectivity index (χ0n) is 9.77. The zero-order chi connectivity index (χ0) is 12.5. The van der Waals surface area contributed by atoms with Crippen LogP contribution in [-0.4, -0.2) is 25.8 Å². The predicted molar refractivity (Wildman–Crippen MR) is 76.3 cm³/mol. The fraction of sp³-hybridized carbons (Fsp3) is 0.500. The third-order valence-electron chi connectivity index (χ3n) is 3.07. The minimum atomic E-state index is -3.28. The van der Waals surface area contributed by atoms with E-state index in [0.29, 0.717) is 23.9 Å². The maximum Gasteiger partial charge on any atom is 0.243 e. The van der Waals surface area contributed by atoms with Gasteiger partial charge in [-0.05, 0) is 65.6 Å². The minimum absolute atomic E-state index is 0.409. The first kappa shape index (κ1) is 13.3. The summed E-state index contributed by atoms with van der Waals surface area (Å²) in [5, 5.41) is 0. The Balaban J connectivity index is 2.26. The predicted octanol–water partition coefficient (Wildman–Crippen LogP) is 2.71. The second-order valence-electron chi connectivity index (χ2n) is 4.56. The number of hydrogen-bond donors (Lipinski definition) is 0. The van der Waals surface area contributed by atoms with Gasteiger partial charge in [0.25, 0.3) is 0 Å². The first-order chi connectivity index (χ1) is 8.00. The van der Waals surface area contributed by atoms with Crippen molar-refractivity contribution in [1.82, 2.24) is 4.31 Å². The molecule has 1 fully saturated rings. The van der Waals surface area contributed by atoms with Gasteiger partial charge in [-0.1, -0.05) is 6.92 Å². The molecule has 1 aromatic carbocycles. The molecule has 0 aromatic heterocycles. The average Bonchev–Trinajstić information content (AvgIpc) is 2.29. The van der Waals surface area contributed by atoms with Crippen LogP contribution in [0, 0.1) is 9.49 Å². The van der Waals surface area contributed by atoms with Crippen molar-refractivity contribution in [2.75, 3.05) is 13.1 Å². The number of nitrogens with zero attached hydrogens (tertiary/aromatic N) is 1. The van der Waals surface area contributed by atoms with Crippen LogP contribution < -0.4 is 0 Å². The Morgan fingerprint density at radius 3 is 2.53 bits per heavy atom. The smallest absolute Gasteiger partial charge is 0.207 e. The van der Waals surface area contributed by atoms with E-state index in [-0.39, 0.29) is 0 Å². The summed E-state index contributed by atoms with van der Waals surface area (Å²) in [6.07, 6.45) is 2.09. The molecule has 0 spiro atoms. The van der Waals surface area contributed by atoms with Gasteiger partial charge in [-0.3, -0.25) is 0 Å². The van der Waals surface area contributed by atoms with Crippen molar-refractivity contribution in [3.8, 4) is 0 Å². The van der Waals surface area contributed by atoms with Crippen molar-refractivity contribution in [1.29, 1.82) is 0 Å². The lowest BCUT2D eigenvalue weighted by molar-refractivity contribution is 0.281. The van der Waals surface area contributed by atoms with E-state index in [1.54, 1.807) is 16.4 Å². The fourth-order valence-electron chi connectivity index (χ4n) is 2.12. The van der Waals surface area contributed by atoms with Crippen molar-refractivity contribution in [2.24, 2.45) is 5.92 Å². The van der Waals surface area contributed by atoms with E-state index < -0.39 is 10.0 Å². The molecule has 0 N–H and O–H groups in total. The largest absolute Gasteiger partial charge is 0.243 e. The number of piperidine rings is 1. The van der Waals surface area contributed by atoms with Gasteiger partial charge in [0.1, 0.15) is 0 Å². The van der Waals surface area contributed by atoms with E-state index in [9.17, 15) is 8.42 Å². The van der Waals surface area contributed by atoms with Crippen LogP contribution in [0.4, 0.5) is 0 Å². The Morgan fingerprint density at radius 1 is 1.29 bits per heavy atom. The number of benzene rings is 1. The molecule has 0 unspecified atom stereocenters. The second kappa shape index (κ2) is 5.24. The van der Waals surface area contributed by atoms with Crippen LogP contribution in [0.5, 0.6) is 0 Å². The van der Waals surface area contributed by atoms with Crippen LogP contribution in [0.15, 0.2) is 29.2 Å². The molecule has 94 valence electrons. The molecule has 1 saturated heterocycles. The molecule has 1 aliphatic heterocycles. The highest BCUT2D eigenvalue weighted by atomic mass is 127. The molecule has 0 aliphatic carbocycles.